The molecule has 0 atom stereocenters. The molecule has 19 heavy (non-hydrogen) atoms. The minimum atomic E-state index is 0.736. The van der Waals surface area contributed by atoms with E-state index in [1.807, 2.05) is 71.4 Å². The van der Waals surface area contributed by atoms with Crippen molar-refractivity contribution in [3.63, 3.8) is 0 Å². The third-order valence-electron chi connectivity index (χ3n) is 2.54. The second-order valence-corrected chi connectivity index (χ2v) is 4.67. The van der Waals surface area contributed by atoms with E-state index in [4.69, 9.17) is 9.47 Å². The molecule has 0 saturated carbocycles. The van der Waals surface area contributed by atoms with Crippen LogP contribution in [0.5, 0.6) is 23.0 Å². The summed E-state index contributed by atoms with van der Waals surface area (Å²) in [6.07, 6.45) is 0. The first kappa shape index (κ1) is 11.8. The second kappa shape index (κ2) is 5.59. The highest BCUT2D eigenvalue weighted by atomic mass is 32.1. The Balaban J connectivity index is 1.79. The molecule has 2 nitrogen and oxygen atoms in total. The first-order valence-electron chi connectivity index (χ1n) is 5.94. The molecule has 0 bridgehead atoms. The van der Waals surface area contributed by atoms with Crippen LogP contribution in [-0.2, 0) is 0 Å². The summed E-state index contributed by atoms with van der Waals surface area (Å²) in [5.41, 5.74) is 0. The molecule has 3 heteroatoms. The van der Waals surface area contributed by atoms with E-state index in [0.717, 1.165) is 23.0 Å². The van der Waals surface area contributed by atoms with Gasteiger partial charge in [-0.15, -0.1) is 11.3 Å². The topological polar surface area (TPSA) is 18.5 Å². The fraction of sp³-hybridized carbons (Fsp3) is 0. The van der Waals surface area contributed by atoms with Gasteiger partial charge in [-0.3, -0.25) is 0 Å². The minimum Gasteiger partial charge on any atom is -0.453 e. The lowest BCUT2D eigenvalue weighted by Crippen LogP contribution is -1.86. The van der Waals surface area contributed by atoms with Gasteiger partial charge in [0.15, 0.2) is 11.5 Å². The summed E-state index contributed by atoms with van der Waals surface area (Å²) in [5.74, 6) is 3.08. The molecule has 94 valence electrons. The molecule has 2 aromatic carbocycles. The molecular weight excluding hydrogens is 256 g/mol. The van der Waals surface area contributed by atoms with Gasteiger partial charge in [-0.2, -0.15) is 0 Å². The van der Waals surface area contributed by atoms with Crippen molar-refractivity contribution in [3.8, 4) is 23.0 Å². The van der Waals surface area contributed by atoms with E-state index in [2.05, 4.69) is 0 Å². The number of ether oxygens (including phenoxy) is 2. The summed E-state index contributed by atoms with van der Waals surface area (Å²) in [6.45, 7) is 0. The summed E-state index contributed by atoms with van der Waals surface area (Å²) in [7, 11) is 0. The molecule has 0 saturated heterocycles. The van der Waals surface area contributed by atoms with Crippen LogP contribution >= 0.6 is 11.3 Å². The highest BCUT2D eigenvalue weighted by Crippen LogP contribution is 2.37. The molecule has 1 heterocycles. The molecule has 0 radical (unpaired) electrons. The van der Waals surface area contributed by atoms with Crippen LogP contribution in [0.2, 0.25) is 0 Å². The normalized spacial score (nSPS) is 10.1. The van der Waals surface area contributed by atoms with Gasteiger partial charge in [-0.25, -0.2) is 0 Å². The van der Waals surface area contributed by atoms with Crippen LogP contribution in [0.1, 0.15) is 0 Å². The molecule has 1 aromatic heterocycles. The van der Waals surface area contributed by atoms with E-state index >= 15 is 0 Å². The molecule has 3 aromatic rings. The quantitative estimate of drug-likeness (QED) is 0.636. The lowest BCUT2D eigenvalue weighted by Gasteiger charge is -2.08. The first-order valence-corrected chi connectivity index (χ1v) is 6.88. The van der Waals surface area contributed by atoms with E-state index in [1.54, 1.807) is 11.3 Å². The Hall–Kier alpha value is -2.26. The van der Waals surface area contributed by atoms with E-state index in [9.17, 15) is 0 Å². The van der Waals surface area contributed by atoms with Crippen LogP contribution in [0.4, 0.5) is 0 Å². The van der Waals surface area contributed by atoms with Crippen molar-refractivity contribution >= 4 is 11.3 Å². The van der Waals surface area contributed by atoms with Gasteiger partial charge in [-0.05, 0) is 24.3 Å². The summed E-state index contributed by atoms with van der Waals surface area (Å²) >= 11 is 1.55. The predicted octanol–water partition coefficient (Wildman–Crippen LogP) is 5.33. The van der Waals surface area contributed by atoms with Crippen molar-refractivity contribution < 1.29 is 9.47 Å². The lowest BCUT2D eigenvalue weighted by atomic mass is 10.3. The van der Waals surface area contributed by atoms with Gasteiger partial charge < -0.3 is 9.47 Å². The largest absolute Gasteiger partial charge is 0.453 e. The summed E-state index contributed by atoms with van der Waals surface area (Å²) < 4.78 is 11.6. The SMILES string of the molecule is c1ccc(Oc2cscc2Oc2ccccc2)cc1. The molecule has 0 aliphatic heterocycles. The van der Waals surface area contributed by atoms with E-state index in [0.29, 0.717) is 0 Å². The zero-order valence-electron chi connectivity index (χ0n) is 10.2. The Kier molecular flexibility index (Phi) is 3.47. The zero-order valence-corrected chi connectivity index (χ0v) is 11.0. The highest BCUT2D eigenvalue weighted by molar-refractivity contribution is 7.08. The van der Waals surface area contributed by atoms with E-state index in [-0.39, 0.29) is 0 Å². The average molecular weight is 268 g/mol. The van der Waals surface area contributed by atoms with Gasteiger partial charge in [0.1, 0.15) is 11.5 Å². The van der Waals surface area contributed by atoms with Crippen molar-refractivity contribution in [3.05, 3.63) is 71.4 Å². The smallest absolute Gasteiger partial charge is 0.180 e. The minimum absolute atomic E-state index is 0.736. The number of hydrogen-bond acceptors (Lipinski definition) is 3. The van der Waals surface area contributed by atoms with Crippen molar-refractivity contribution in [2.45, 2.75) is 0 Å². The monoisotopic (exact) mass is 268 g/mol. The lowest BCUT2D eigenvalue weighted by molar-refractivity contribution is 0.422. The molecular formula is C16H12O2S. The maximum absolute atomic E-state index is 5.81. The van der Waals surface area contributed by atoms with E-state index in [1.165, 1.54) is 0 Å². The summed E-state index contributed by atoms with van der Waals surface area (Å²) in [6, 6.07) is 19.4. The van der Waals surface area contributed by atoms with Gasteiger partial charge in [0.05, 0.1) is 0 Å². The highest BCUT2D eigenvalue weighted by Gasteiger charge is 2.08. The fourth-order valence-electron chi connectivity index (χ4n) is 1.65. The third kappa shape index (κ3) is 2.95. The van der Waals surface area contributed by atoms with Gasteiger partial charge in [0.2, 0.25) is 0 Å². The molecule has 0 amide bonds. The Labute approximate surface area is 115 Å². The Morgan fingerprint density at radius 2 is 1.00 bits per heavy atom. The van der Waals surface area contributed by atoms with Crippen LogP contribution in [0, 0.1) is 0 Å². The number of hydrogen-bond donors (Lipinski definition) is 0. The molecule has 3 rings (SSSR count). The van der Waals surface area contributed by atoms with Crippen LogP contribution in [0.3, 0.4) is 0 Å². The number of benzene rings is 2. The molecule has 0 aliphatic carbocycles. The van der Waals surface area contributed by atoms with Gasteiger partial charge >= 0.3 is 0 Å². The molecule has 0 unspecified atom stereocenters. The van der Waals surface area contributed by atoms with Crippen molar-refractivity contribution in [1.29, 1.82) is 0 Å². The third-order valence-corrected chi connectivity index (χ3v) is 3.24. The maximum Gasteiger partial charge on any atom is 0.180 e. The fourth-order valence-corrected chi connectivity index (χ4v) is 2.30. The van der Waals surface area contributed by atoms with Crippen LogP contribution in [0.25, 0.3) is 0 Å². The zero-order chi connectivity index (χ0) is 12.9. The Bertz CT molecular complexity index is 576. The first-order chi connectivity index (χ1) is 9.42. The summed E-state index contributed by atoms with van der Waals surface area (Å²) in [4.78, 5) is 0. The van der Waals surface area contributed by atoms with Crippen LogP contribution in [-0.4, -0.2) is 0 Å². The van der Waals surface area contributed by atoms with E-state index < -0.39 is 0 Å². The van der Waals surface area contributed by atoms with Crippen molar-refractivity contribution in [2.75, 3.05) is 0 Å². The Morgan fingerprint density at radius 1 is 0.579 bits per heavy atom. The number of para-hydroxylation sites is 2. The summed E-state index contributed by atoms with van der Waals surface area (Å²) in [5, 5.41) is 3.87. The molecule has 0 aliphatic rings. The predicted molar refractivity (Wildman–Crippen MR) is 77.4 cm³/mol. The van der Waals surface area contributed by atoms with Gasteiger partial charge in [0.25, 0.3) is 0 Å². The van der Waals surface area contributed by atoms with Gasteiger partial charge in [0, 0.05) is 10.8 Å². The van der Waals surface area contributed by atoms with Crippen molar-refractivity contribution in [1.82, 2.24) is 0 Å². The van der Waals surface area contributed by atoms with Crippen LogP contribution < -0.4 is 9.47 Å². The standard InChI is InChI=1S/C16H12O2S/c1-3-7-13(8-4-1)17-15-11-19-12-16(15)18-14-9-5-2-6-10-14/h1-12H. The van der Waals surface area contributed by atoms with Crippen molar-refractivity contribution in [2.24, 2.45) is 0 Å². The Morgan fingerprint density at radius 3 is 1.42 bits per heavy atom. The maximum atomic E-state index is 5.81. The second-order valence-electron chi connectivity index (χ2n) is 3.93. The number of rotatable bonds is 4. The van der Waals surface area contributed by atoms with Gasteiger partial charge in [-0.1, -0.05) is 36.4 Å². The van der Waals surface area contributed by atoms with Crippen LogP contribution in [0.15, 0.2) is 71.4 Å². The molecule has 0 N–H and O–H groups in total. The molecule has 0 spiro atoms. The average Bonchev–Trinajstić information content (AvgIpc) is 2.88. The molecule has 0 fully saturated rings. The number of thiophene rings is 1.